The summed E-state index contributed by atoms with van der Waals surface area (Å²) in [7, 11) is 0. The Balaban J connectivity index is 0.00000208. The molecule has 0 unspecified atom stereocenters. The number of hydrogen-bond donors (Lipinski definition) is 1. The van der Waals surface area contributed by atoms with E-state index in [-0.39, 0.29) is 24.4 Å². The van der Waals surface area contributed by atoms with Crippen LogP contribution in [-0.2, 0) is 0 Å². The highest BCUT2D eigenvalue weighted by Gasteiger charge is 2.26. The summed E-state index contributed by atoms with van der Waals surface area (Å²) in [4.78, 5) is 16.5. The van der Waals surface area contributed by atoms with Crippen LogP contribution in [-0.4, -0.2) is 36.5 Å². The zero-order valence-electron chi connectivity index (χ0n) is 13.7. The van der Waals surface area contributed by atoms with E-state index in [1.807, 2.05) is 36.1 Å². The molecule has 1 aromatic carbocycles. The first kappa shape index (κ1) is 18.8. The minimum atomic E-state index is 0. The Bertz CT molecular complexity index is 667. The predicted octanol–water partition coefficient (Wildman–Crippen LogP) is 3.80. The lowest BCUT2D eigenvalue weighted by atomic mass is 10.1. The van der Waals surface area contributed by atoms with Crippen LogP contribution in [0, 0.1) is 0 Å². The zero-order chi connectivity index (χ0) is 16.2. The Hall–Kier alpha value is -1.56. The molecule has 1 aliphatic heterocycles. The first-order valence-electron chi connectivity index (χ1n) is 8.06. The van der Waals surface area contributed by atoms with Gasteiger partial charge < -0.3 is 15.4 Å². The molecule has 0 saturated carbocycles. The van der Waals surface area contributed by atoms with E-state index in [4.69, 9.17) is 10.5 Å². The molecule has 1 amide bonds. The second kappa shape index (κ2) is 8.51. The third kappa shape index (κ3) is 4.09. The molecule has 2 heterocycles. The van der Waals surface area contributed by atoms with Crippen molar-refractivity contribution in [3.05, 3.63) is 41.3 Å². The Morgan fingerprint density at radius 2 is 1.96 bits per heavy atom. The second-order valence-electron chi connectivity index (χ2n) is 5.73. The Labute approximate surface area is 153 Å². The van der Waals surface area contributed by atoms with Gasteiger partial charge in [-0.1, -0.05) is 30.3 Å². The van der Waals surface area contributed by atoms with Gasteiger partial charge in [-0.2, -0.15) is 0 Å². The maximum Gasteiger partial charge on any atom is 0.267 e. The molecule has 2 N–H and O–H groups in total. The van der Waals surface area contributed by atoms with E-state index in [1.54, 1.807) is 0 Å². The number of carbonyl (C=O) groups excluding carboxylic acids is 1. The van der Waals surface area contributed by atoms with Crippen LogP contribution in [0.25, 0.3) is 10.4 Å². The fourth-order valence-electron chi connectivity index (χ4n) is 2.78. The Morgan fingerprint density at radius 1 is 1.29 bits per heavy atom. The molecule has 24 heavy (non-hydrogen) atoms. The number of amides is 1. The standard InChI is InChI=1S/C18H22N2O2S.ClH/c1-2-22-15-12-16(13-6-4-3-5-7-13)23-17(15)18(21)20-10-8-14(19)9-11-20;/h3-7,12,14H,2,8-11,19H2,1H3;1H. The summed E-state index contributed by atoms with van der Waals surface area (Å²) < 4.78 is 5.71. The number of rotatable bonds is 4. The Kier molecular flexibility index (Phi) is 6.66. The molecule has 1 fully saturated rings. The van der Waals surface area contributed by atoms with Gasteiger partial charge in [0.25, 0.3) is 5.91 Å². The van der Waals surface area contributed by atoms with Crippen molar-refractivity contribution < 1.29 is 9.53 Å². The smallest absolute Gasteiger partial charge is 0.267 e. The van der Waals surface area contributed by atoms with Gasteiger partial charge >= 0.3 is 0 Å². The van der Waals surface area contributed by atoms with Gasteiger partial charge in [-0.05, 0) is 31.4 Å². The van der Waals surface area contributed by atoms with Gasteiger partial charge in [0.1, 0.15) is 10.6 Å². The highest BCUT2D eigenvalue weighted by atomic mass is 35.5. The second-order valence-corrected chi connectivity index (χ2v) is 6.78. The van der Waals surface area contributed by atoms with E-state index < -0.39 is 0 Å². The van der Waals surface area contributed by atoms with Gasteiger partial charge in [-0.25, -0.2) is 0 Å². The molecule has 2 aromatic rings. The van der Waals surface area contributed by atoms with E-state index in [1.165, 1.54) is 11.3 Å². The SMILES string of the molecule is CCOc1cc(-c2ccccc2)sc1C(=O)N1CCC(N)CC1.Cl. The first-order chi connectivity index (χ1) is 11.2. The van der Waals surface area contributed by atoms with Crippen LogP contribution in [0.3, 0.4) is 0 Å². The molecule has 130 valence electrons. The number of hydrogen-bond acceptors (Lipinski definition) is 4. The molecule has 0 aliphatic carbocycles. The summed E-state index contributed by atoms with van der Waals surface area (Å²) >= 11 is 1.51. The molecule has 0 spiro atoms. The molecule has 0 bridgehead atoms. The molecule has 0 radical (unpaired) electrons. The molecule has 1 aliphatic rings. The number of benzene rings is 1. The van der Waals surface area contributed by atoms with Gasteiger partial charge in [0.15, 0.2) is 0 Å². The van der Waals surface area contributed by atoms with E-state index in [9.17, 15) is 4.79 Å². The lowest BCUT2D eigenvalue weighted by Crippen LogP contribution is -2.42. The fourth-order valence-corrected chi connectivity index (χ4v) is 3.85. The van der Waals surface area contributed by atoms with Crippen molar-refractivity contribution in [2.24, 2.45) is 5.73 Å². The van der Waals surface area contributed by atoms with Crippen LogP contribution in [0.4, 0.5) is 0 Å². The van der Waals surface area contributed by atoms with Crippen molar-refractivity contribution in [1.29, 1.82) is 0 Å². The summed E-state index contributed by atoms with van der Waals surface area (Å²) in [6.07, 6.45) is 1.74. The van der Waals surface area contributed by atoms with Crippen molar-refractivity contribution in [3.8, 4) is 16.2 Å². The van der Waals surface area contributed by atoms with E-state index in [2.05, 4.69) is 12.1 Å². The number of thiophene rings is 1. The van der Waals surface area contributed by atoms with Crippen molar-refractivity contribution in [2.75, 3.05) is 19.7 Å². The van der Waals surface area contributed by atoms with Gasteiger partial charge in [-0.3, -0.25) is 4.79 Å². The number of likely N-dealkylation sites (tertiary alicyclic amines) is 1. The summed E-state index contributed by atoms with van der Waals surface area (Å²) in [6.45, 7) is 3.94. The summed E-state index contributed by atoms with van der Waals surface area (Å²) in [5.74, 6) is 0.753. The van der Waals surface area contributed by atoms with E-state index >= 15 is 0 Å². The maximum absolute atomic E-state index is 12.9. The zero-order valence-corrected chi connectivity index (χ0v) is 15.4. The maximum atomic E-state index is 12.9. The Morgan fingerprint density at radius 3 is 2.58 bits per heavy atom. The average Bonchev–Trinajstić information content (AvgIpc) is 3.00. The average molecular weight is 367 g/mol. The van der Waals surface area contributed by atoms with Crippen molar-refractivity contribution in [2.45, 2.75) is 25.8 Å². The number of ether oxygens (including phenoxy) is 1. The van der Waals surface area contributed by atoms with Gasteiger partial charge in [0, 0.05) is 24.0 Å². The minimum absolute atomic E-state index is 0. The first-order valence-corrected chi connectivity index (χ1v) is 8.87. The monoisotopic (exact) mass is 366 g/mol. The number of halogens is 1. The van der Waals surface area contributed by atoms with Crippen LogP contribution in [0.1, 0.15) is 29.4 Å². The number of carbonyl (C=O) groups is 1. The third-order valence-corrected chi connectivity index (χ3v) is 5.23. The number of nitrogens with two attached hydrogens (primary N) is 1. The van der Waals surface area contributed by atoms with Crippen molar-refractivity contribution in [3.63, 3.8) is 0 Å². The van der Waals surface area contributed by atoms with Crippen LogP contribution >= 0.6 is 23.7 Å². The molecule has 1 saturated heterocycles. The molecule has 1 aromatic heterocycles. The van der Waals surface area contributed by atoms with Crippen LogP contribution in [0.15, 0.2) is 36.4 Å². The molecular weight excluding hydrogens is 344 g/mol. The van der Waals surface area contributed by atoms with Crippen LogP contribution in [0.2, 0.25) is 0 Å². The molecule has 4 nitrogen and oxygen atoms in total. The number of piperidine rings is 1. The van der Waals surface area contributed by atoms with Crippen molar-refractivity contribution >= 4 is 29.7 Å². The normalized spacial score (nSPS) is 15.0. The largest absolute Gasteiger partial charge is 0.492 e. The predicted molar refractivity (Wildman–Crippen MR) is 101 cm³/mol. The summed E-state index contributed by atoms with van der Waals surface area (Å²) in [6, 6.07) is 12.3. The van der Waals surface area contributed by atoms with Gasteiger partial charge in [0.05, 0.1) is 6.61 Å². The topological polar surface area (TPSA) is 55.6 Å². The van der Waals surface area contributed by atoms with Gasteiger partial charge in [0.2, 0.25) is 0 Å². The highest BCUT2D eigenvalue weighted by Crippen LogP contribution is 2.37. The molecule has 6 heteroatoms. The molecular formula is C18H23ClN2O2S. The van der Waals surface area contributed by atoms with E-state index in [0.717, 1.165) is 36.4 Å². The summed E-state index contributed by atoms with van der Waals surface area (Å²) in [5.41, 5.74) is 7.04. The van der Waals surface area contributed by atoms with Gasteiger partial charge in [-0.15, -0.1) is 23.7 Å². The number of nitrogens with zero attached hydrogens (tertiary/aromatic N) is 1. The summed E-state index contributed by atoms with van der Waals surface area (Å²) in [5, 5.41) is 0. The van der Waals surface area contributed by atoms with E-state index in [0.29, 0.717) is 17.2 Å². The lowest BCUT2D eigenvalue weighted by molar-refractivity contribution is 0.0716. The minimum Gasteiger partial charge on any atom is -0.492 e. The quantitative estimate of drug-likeness (QED) is 0.895. The third-order valence-electron chi connectivity index (χ3n) is 4.08. The highest BCUT2D eigenvalue weighted by molar-refractivity contribution is 7.17. The van der Waals surface area contributed by atoms with Crippen LogP contribution < -0.4 is 10.5 Å². The van der Waals surface area contributed by atoms with Crippen LogP contribution in [0.5, 0.6) is 5.75 Å². The van der Waals surface area contributed by atoms with Crippen molar-refractivity contribution in [1.82, 2.24) is 4.90 Å². The fraction of sp³-hybridized carbons (Fsp3) is 0.389. The molecule has 0 atom stereocenters. The molecule has 3 rings (SSSR count). The lowest BCUT2D eigenvalue weighted by Gasteiger charge is -2.30.